The van der Waals surface area contributed by atoms with E-state index in [0.29, 0.717) is 0 Å². The quantitative estimate of drug-likeness (QED) is 0.803. The Kier molecular flexibility index (Phi) is 5.41. The van der Waals surface area contributed by atoms with E-state index in [2.05, 4.69) is 5.32 Å². The van der Waals surface area contributed by atoms with Gasteiger partial charge in [0.05, 0.1) is 17.0 Å². The summed E-state index contributed by atoms with van der Waals surface area (Å²) < 4.78 is 23.5. The molecule has 1 saturated heterocycles. The number of hydrogen-bond donors (Lipinski definition) is 1. The normalized spacial score (nSPS) is 22.1. The molecule has 2 unspecified atom stereocenters. The van der Waals surface area contributed by atoms with Crippen LogP contribution in [-0.4, -0.2) is 54.8 Å². The fourth-order valence-electron chi connectivity index (χ4n) is 2.24. The lowest BCUT2D eigenvalue weighted by Crippen LogP contribution is -2.61. The van der Waals surface area contributed by atoms with Crippen LogP contribution in [0.15, 0.2) is 0 Å². The van der Waals surface area contributed by atoms with Crippen LogP contribution >= 0.6 is 0 Å². The van der Waals surface area contributed by atoms with Crippen molar-refractivity contribution in [2.45, 2.75) is 51.8 Å². The van der Waals surface area contributed by atoms with Crippen molar-refractivity contribution in [3.63, 3.8) is 0 Å². The SMILES string of the molecule is CCC(C)C1C(=O)NCC(=O)N1CCS(=O)(=O)C(C)(C)C. The number of nitrogens with one attached hydrogen (secondary N) is 1. The molecule has 1 N–H and O–H groups in total. The van der Waals surface area contributed by atoms with Gasteiger partial charge in [-0.2, -0.15) is 0 Å². The van der Waals surface area contributed by atoms with Gasteiger partial charge in [0.15, 0.2) is 9.84 Å². The minimum atomic E-state index is -3.32. The number of hydrogen-bond acceptors (Lipinski definition) is 4. The highest BCUT2D eigenvalue weighted by atomic mass is 32.2. The Labute approximate surface area is 127 Å². The molecule has 0 bridgehead atoms. The van der Waals surface area contributed by atoms with E-state index in [4.69, 9.17) is 0 Å². The van der Waals surface area contributed by atoms with Crippen molar-refractivity contribution in [3.8, 4) is 0 Å². The molecule has 6 nitrogen and oxygen atoms in total. The van der Waals surface area contributed by atoms with Crippen LogP contribution < -0.4 is 5.32 Å². The van der Waals surface area contributed by atoms with E-state index < -0.39 is 20.6 Å². The fourth-order valence-corrected chi connectivity index (χ4v) is 3.29. The van der Waals surface area contributed by atoms with Gasteiger partial charge in [0, 0.05) is 6.54 Å². The molecule has 1 aliphatic rings. The molecule has 0 aromatic rings. The largest absolute Gasteiger partial charge is 0.345 e. The third-order valence-electron chi connectivity index (χ3n) is 4.06. The predicted molar refractivity (Wildman–Crippen MR) is 81.5 cm³/mol. The first-order valence-electron chi connectivity index (χ1n) is 7.30. The molecule has 0 radical (unpaired) electrons. The maximum atomic E-state index is 12.2. The highest BCUT2D eigenvalue weighted by Crippen LogP contribution is 2.20. The molecular formula is C14H26N2O4S. The number of sulfone groups is 1. The first kappa shape index (κ1) is 17.9. The summed E-state index contributed by atoms with van der Waals surface area (Å²) in [6.07, 6.45) is 0.744. The van der Waals surface area contributed by atoms with Gasteiger partial charge >= 0.3 is 0 Å². The molecule has 0 spiro atoms. The second kappa shape index (κ2) is 6.34. The van der Waals surface area contributed by atoms with E-state index in [-0.39, 0.29) is 36.6 Å². The van der Waals surface area contributed by atoms with Gasteiger partial charge in [-0.3, -0.25) is 9.59 Å². The summed E-state index contributed by atoms with van der Waals surface area (Å²) in [6.45, 7) is 8.77. The van der Waals surface area contributed by atoms with E-state index in [0.717, 1.165) is 6.42 Å². The van der Waals surface area contributed by atoms with Gasteiger partial charge in [-0.15, -0.1) is 0 Å². The third kappa shape index (κ3) is 3.96. The number of piperazine rings is 1. The molecule has 1 rings (SSSR count). The molecular weight excluding hydrogens is 292 g/mol. The van der Waals surface area contributed by atoms with Crippen molar-refractivity contribution in [2.24, 2.45) is 5.92 Å². The molecule has 0 aliphatic carbocycles. The highest BCUT2D eigenvalue weighted by molar-refractivity contribution is 7.92. The van der Waals surface area contributed by atoms with Gasteiger partial charge in [0.1, 0.15) is 6.04 Å². The first-order valence-corrected chi connectivity index (χ1v) is 8.96. The Morgan fingerprint density at radius 1 is 1.33 bits per heavy atom. The lowest BCUT2D eigenvalue weighted by atomic mass is 9.95. The van der Waals surface area contributed by atoms with Crippen LogP contribution in [0.25, 0.3) is 0 Å². The number of nitrogens with zero attached hydrogens (tertiary/aromatic N) is 1. The summed E-state index contributed by atoms with van der Waals surface area (Å²) >= 11 is 0. The van der Waals surface area contributed by atoms with Crippen LogP contribution in [0.5, 0.6) is 0 Å². The Bertz CT molecular complexity index is 508. The summed E-state index contributed by atoms with van der Waals surface area (Å²) in [5.74, 6) is -0.546. The topological polar surface area (TPSA) is 83.6 Å². The van der Waals surface area contributed by atoms with Gasteiger partial charge < -0.3 is 10.2 Å². The molecule has 0 saturated carbocycles. The zero-order valence-electron chi connectivity index (χ0n) is 13.5. The van der Waals surface area contributed by atoms with Crippen molar-refractivity contribution < 1.29 is 18.0 Å². The number of carbonyl (C=O) groups is 2. The maximum absolute atomic E-state index is 12.2. The zero-order chi connectivity index (χ0) is 16.4. The first-order chi connectivity index (χ1) is 9.51. The minimum absolute atomic E-state index is 0.00779. The monoisotopic (exact) mass is 318 g/mol. The van der Waals surface area contributed by atoms with E-state index >= 15 is 0 Å². The van der Waals surface area contributed by atoms with E-state index in [1.54, 1.807) is 20.8 Å². The molecule has 7 heteroatoms. The standard InChI is InChI=1S/C14H26N2O4S/c1-6-10(2)12-13(18)15-9-11(17)16(12)7-8-21(19,20)14(3,4)5/h10,12H,6-9H2,1-5H3,(H,15,18). The lowest BCUT2D eigenvalue weighted by Gasteiger charge is -2.38. The molecule has 1 fully saturated rings. The summed E-state index contributed by atoms with van der Waals surface area (Å²) in [4.78, 5) is 25.5. The Morgan fingerprint density at radius 3 is 2.38 bits per heavy atom. The van der Waals surface area contributed by atoms with Crippen molar-refractivity contribution in [1.82, 2.24) is 10.2 Å². The average molecular weight is 318 g/mol. The zero-order valence-corrected chi connectivity index (χ0v) is 14.3. The number of amides is 2. The van der Waals surface area contributed by atoms with Gasteiger partial charge in [0.2, 0.25) is 11.8 Å². The van der Waals surface area contributed by atoms with Crippen molar-refractivity contribution in [2.75, 3.05) is 18.8 Å². The van der Waals surface area contributed by atoms with Gasteiger partial charge in [-0.05, 0) is 26.7 Å². The summed E-state index contributed by atoms with van der Waals surface area (Å²) in [7, 11) is -3.32. The maximum Gasteiger partial charge on any atom is 0.243 e. The predicted octanol–water partition coefficient (Wildman–Crippen LogP) is 0.573. The number of rotatable bonds is 5. The Hall–Kier alpha value is -1.11. The van der Waals surface area contributed by atoms with Gasteiger partial charge in [-0.1, -0.05) is 20.3 Å². The van der Waals surface area contributed by atoms with Gasteiger partial charge in [0.25, 0.3) is 0 Å². The fraction of sp³-hybridized carbons (Fsp3) is 0.857. The third-order valence-corrected chi connectivity index (χ3v) is 6.64. The molecule has 2 atom stereocenters. The smallest absolute Gasteiger partial charge is 0.243 e. The number of carbonyl (C=O) groups excluding carboxylic acids is 2. The Morgan fingerprint density at radius 2 is 1.90 bits per heavy atom. The van der Waals surface area contributed by atoms with Crippen LogP contribution in [0.3, 0.4) is 0 Å². The van der Waals surface area contributed by atoms with Crippen LogP contribution in [0, 0.1) is 5.92 Å². The van der Waals surface area contributed by atoms with Crippen molar-refractivity contribution in [3.05, 3.63) is 0 Å². The Balaban J connectivity index is 2.91. The van der Waals surface area contributed by atoms with Crippen molar-refractivity contribution >= 4 is 21.7 Å². The van der Waals surface area contributed by atoms with Crippen LogP contribution in [0.2, 0.25) is 0 Å². The molecule has 1 heterocycles. The van der Waals surface area contributed by atoms with Crippen LogP contribution in [-0.2, 0) is 19.4 Å². The average Bonchev–Trinajstić information content (AvgIpc) is 2.37. The second-order valence-corrected chi connectivity index (χ2v) is 9.43. The molecule has 0 aromatic carbocycles. The summed E-state index contributed by atoms with van der Waals surface area (Å²) in [6, 6.07) is -0.577. The minimum Gasteiger partial charge on any atom is -0.345 e. The molecule has 1 aliphatic heterocycles. The molecule has 21 heavy (non-hydrogen) atoms. The molecule has 122 valence electrons. The molecule has 0 aromatic heterocycles. The van der Waals surface area contributed by atoms with Gasteiger partial charge in [-0.25, -0.2) is 8.42 Å². The lowest BCUT2D eigenvalue weighted by molar-refractivity contribution is -0.147. The van der Waals surface area contributed by atoms with E-state index in [9.17, 15) is 18.0 Å². The van der Waals surface area contributed by atoms with E-state index in [1.807, 2.05) is 13.8 Å². The second-order valence-electron chi connectivity index (χ2n) is 6.57. The van der Waals surface area contributed by atoms with E-state index in [1.165, 1.54) is 4.90 Å². The highest BCUT2D eigenvalue weighted by Gasteiger charge is 2.39. The summed E-state index contributed by atoms with van der Waals surface area (Å²) in [5, 5.41) is 2.57. The summed E-state index contributed by atoms with van der Waals surface area (Å²) in [5.41, 5.74) is 0. The van der Waals surface area contributed by atoms with Crippen LogP contribution in [0.4, 0.5) is 0 Å². The molecule has 2 amide bonds. The van der Waals surface area contributed by atoms with Crippen LogP contribution in [0.1, 0.15) is 41.0 Å². The van der Waals surface area contributed by atoms with Crippen molar-refractivity contribution in [1.29, 1.82) is 0 Å².